The van der Waals surface area contributed by atoms with Gasteiger partial charge in [0.15, 0.2) is 0 Å². The zero-order valence-electron chi connectivity index (χ0n) is 12.7. The van der Waals surface area contributed by atoms with Crippen LogP contribution in [0.25, 0.3) is 0 Å². The highest BCUT2D eigenvalue weighted by Crippen LogP contribution is 2.21. The van der Waals surface area contributed by atoms with Gasteiger partial charge in [0, 0.05) is 25.6 Å². The van der Waals surface area contributed by atoms with Crippen LogP contribution >= 0.6 is 12.4 Å². The van der Waals surface area contributed by atoms with Gasteiger partial charge in [0.1, 0.15) is 0 Å². The van der Waals surface area contributed by atoms with E-state index < -0.39 is 0 Å². The number of rotatable bonds is 5. The van der Waals surface area contributed by atoms with E-state index in [2.05, 4.69) is 10.6 Å². The third-order valence-corrected chi connectivity index (χ3v) is 4.13. The van der Waals surface area contributed by atoms with E-state index in [0.717, 1.165) is 19.4 Å². The van der Waals surface area contributed by atoms with Gasteiger partial charge < -0.3 is 10.6 Å². The summed E-state index contributed by atoms with van der Waals surface area (Å²) in [5.41, 5.74) is 0.878. The number of benzene rings is 1. The maximum Gasteiger partial charge on any atom is 0.261 e. The number of carbonyl (C=O) groups excluding carboxylic acids is 3. The molecule has 1 unspecified atom stereocenters. The van der Waals surface area contributed by atoms with E-state index in [9.17, 15) is 14.4 Å². The number of carbonyl (C=O) groups is 3. The van der Waals surface area contributed by atoms with Crippen molar-refractivity contribution in [3.05, 3.63) is 35.4 Å². The fourth-order valence-electron chi connectivity index (χ4n) is 2.98. The van der Waals surface area contributed by atoms with Crippen LogP contribution in [0.4, 0.5) is 0 Å². The van der Waals surface area contributed by atoms with Crippen LogP contribution in [-0.4, -0.2) is 48.3 Å². The first kappa shape index (κ1) is 17.4. The summed E-state index contributed by atoms with van der Waals surface area (Å²) in [7, 11) is 0. The minimum Gasteiger partial charge on any atom is -0.354 e. The third kappa shape index (κ3) is 3.71. The summed E-state index contributed by atoms with van der Waals surface area (Å²) in [6.45, 7) is 1.46. The molecule has 3 rings (SSSR count). The van der Waals surface area contributed by atoms with Gasteiger partial charge in [-0.15, -0.1) is 12.4 Å². The molecule has 0 aromatic heterocycles. The summed E-state index contributed by atoms with van der Waals surface area (Å²) in [6.07, 6.45) is 2.57. The maximum atomic E-state index is 12.1. The average Bonchev–Trinajstić information content (AvgIpc) is 3.10. The molecule has 7 heteroatoms. The molecule has 1 saturated heterocycles. The van der Waals surface area contributed by atoms with Gasteiger partial charge in [0.05, 0.1) is 11.1 Å². The molecule has 0 spiro atoms. The van der Waals surface area contributed by atoms with Gasteiger partial charge in [0.2, 0.25) is 5.91 Å². The van der Waals surface area contributed by atoms with Crippen LogP contribution in [0.1, 0.15) is 40.0 Å². The molecule has 0 saturated carbocycles. The van der Waals surface area contributed by atoms with Gasteiger partial charge in [0.25, 0.3) is 11.8 Å². The molecular weight excluding hydrogens is 318 g/mol. The highest BCUT2D eigenvalue weighted by Gasteiger charge is 2.34. The Morgan fingerprint density at radius 2 is 1.87 bits per heavy atom. The van der Waals surface area contributed by atoms with Gasteiger partial charge in [-0.3, -0.25) is 19.3 Å². The lowest BCUT2D eigenvalue weighted by atomic mass is 10.1. The van der Waals surface area contributed by atoms with Gasteiger partial charge in [-0.1, -0.05) is 12.1 Å². The molecule has 0 aliphatic carbocycles. The predicted molar refractivity (Wildman–Crippen MR) is 87.7 cm³/mol. The Bertz CT molecular complexity index is 579. The number of hydrogen-bond donors (Lipinski definition) is 2. The summed E-state index contributed by atoms with van der Waals surface area (Å²) in [6, 6.07) is 7.03. The van der Waals surface area contributed by atoms with Gasteiger partial charge in [-0.2, -0.15) is 0 Å². The van der Waals surface area contributed by atoms with Crippen molar-refractivity contribution in [3.63, 3.8) is 0 Å². The number of halogens is 1. The van der Waals surface area contributed by atoms with Crippen molar-refractivity contribution < 1.29 is 14.4 Å². The molecule has 124 valence electrons. The summed E-state index contributed by atoms with van der Waals surface area (Å²) in [5.74, 6) is -0.615. The van der Waals surface area contributed by atoms with E-state index in [4.69, 9.17) is 0 Å². The van der Waals surface area contributed by atoms with Crippen LogP contribution in [0.3, 0.4) is 0 Å². The normalized spacial score (nSPS) is 19.5. The van der Waals surface area contributed by atoms with E-state index in [-0.39, 0.29) is 49.3 Å². The smallest absolute Gasteiger partial charge is 0.261 e. The molecule has 2 aliphatic heterocycles. The Morgan fingerprint density at radius 3 is 2.43 bits per heavy atom. The lowest BCUT2D eigenvalue weighted by Gasteiger charge is -2.15. The van der Waals surface area contributed by atoms with Crippen LogP contribution < -0.4 is 10.6 Å². The molecule has 2 aliphatic rings. The number of nitrogens with zero attached hydrogens (tertiary/aromatic N) is 1. The van der Waals surface area contributed by atoms with Crippen molar-refractivity contribution in [1.82, 2.24) is 15.5 Å². The molecule has 1 aromatic rings. The Hall–Kier alpha value is -1.92. The first-order chi connectivity index (χ1) is 10.7. The first-order valence-electron chi connectivity index (χ1n) is 7.62. The van der Waals surface area contributed by atoms with Crippen LogP contribution in [0.2, 0.25) is 0 Å². The maximum absolute atomic E-state index is 12.1. The largest absolute Gasteiger partial charge is 0.354 e. The Labute approximate surface area is 141 Å². The van der Waals surface area contributed by atoms with Crippen molar-refractivity contribution in [2.24, 2.45) is 0 Å². The quantitative estimate of drug-likeness (QED) is 0.785. The summed E-state index contributed by atoms with van der Waals surface area (Å²) >= 11 is 0. The number of nitrogens with one attached hydrogen (secondary N) is 2. The zero-order chi connectivity index (χ0) is 15.5. The number of fused-ring (bicyclic) bond motifs is 1. The highest BCUT2D eigenvalue weighted by molar-refractivity contribution is 6.21. The van der Waals surface area contributed by atoms with E-state index >= 15 is 0 Å². The van der Waals surface area contributed by atoms with Crippen molar-refractivity contribution in [3.8, 4) is 0 Å². The molecule has 2 N–H and O–H groups in total. The molecule has 0 bridgehead atoms. The molecule has 0 radical (unpaired) electrons. The molecule has 23 heavy (non-hydrogen) atoms. The molecule has 1 atom stereocenters. The Kier molecular flexibility index (Phi) is 5.74. The molecule has 1 aromatic carbocycles. The van der Waals surface area contributed by atoms with Crippen molar-refractivity contribution >= 4 is 30.1 Å². The van der Waals surface area contributed by atoms with Gasteiger partial charge >= 0.3 is 0 Å². The number of hydrogen-bond acceptors (Lipinski definition) is 4. The van der Waals surface area contributed by atoms with Crippen molar-refractivity contribution in [2.75, 3.05) is 19.6 Å². The van der Waals surface area contributed by atoms with E-state index in [1.54, 1.807) is 24.3 Å². The summed E-state index contributed by atoms with van der Waals surface area (Å²) in [5, 5.41) is 6.04. The van der Waals surface area contributed by atoms with Crippen molar-refractivity contribution in [2.45, 2.75) is 25.3 Å². The minimum absolute atomic E-state index is 0. The van der Waals surface area contributed by atoms with E-state index in [1.165, 1.54) is 4.90 Å². The van der Waals surface area contributed by atoms with Crippen LogP contribution in [0.5, 0.6) is 0 Å². The molecule has 1 fully saturated rings. The monoisotopic (exact) mass is 337 g/mol. The second-order valence-electron chi connectivity index (χ2n) is 5.65. The van der Waals surface area contributed by atoms with E-state index in [0.29, 0.717) is 17.5 Å². The number of imide groups is 1. The fraction of sp³-hybridized carbons (Fsp3) is 0.438. The first-order valence-corrected chi connectivity index (χ1v) is 7.62. The van der Waals surface area contributed by atoms with Gasteiger partial charge in [-0.25, -0.2) is 0 Å². The summed E-state index contributed by atoms with van der Waals surface area (Å²) < 4.78 is 0. The topological polar surface area (TPSA) is 78.5 Å². The fourth-order valence-corrected chi connectivity index (χ4v) is 2.98. The van der Waals surface area contributed by atoms with Crippen LogP contribution in [-0.2, 0) is 4.79 Å². The van der Waals surface area contributed by atoms with Gasteiger partial charge in [-0.05, 0) is 31.5 Å². The summed E-state index contributed by atoms with van der Waals surface area (Å²) in [4.78, 5) is 37.3. The third-order valence-electron chi connectivity index (χ3n) is 4.13. The van der Waals surface area contributed by atoms with E-state index in [1.807, 2.05) is 0 Å². The molecular formula is C16H20ClN3O3. The minimum atomic E-state index is -0.285. The lowest BCUT2D eigenvalue weighted by Crippen LogP contribution is -2.39. The molecule has 3 amide bonds. The molecule has 6 nitrogen and oxygen atoms in total. The van der Waals surface area contributed by atoms with Crippen LogP contribution in [0, 0.1) is 0 Å². The molecule has 2 heterocycles. The SMILES string of the molecule is Cl.O=C(CC1CCCN1)NCCN1C(=O)c2ccccc2C1=O. The number of amides is 3. The second-order valence-corrected chi connectivity index (χ2v) is 5.65. The standard InChI is InChI=1S/C16H19N3O3.ClH/c20-14(10-11-4-3-7-17-11)18-8-9-19-15(21)12-5-1-2-6-13(12)16(19)22;/h1-2,5-6,11,17H,3-4,7-10H2,(H,18,20);1H. The van der Waals surface area contributed by atoms with Crippen LogP contribution in [0.15, 0.2) is 24.3 Å². The van der Waals surface area contributed by atoms with Crippen molar-refractivity contribution in [1.29, 1.82) is 0 Å². The highest BCUT2D eigenvalue weighted by atomic mass is 35.5. The average molecular weight is 338 g/mol. The predicted octanol–water partition coefficient (Wildman–Crippen LogP) is 0.963. The Balaban J connectivity index is 0.00000192. The Morgan fingerprint density at radius 1 is 1.22 bits per heavy atom. The second kappa shape index (κ2) is 7.57. The lowest BCUT2D eigenvalue weighted by molar-refractivity contribution is -0.121. The zero-order valence-corrected chi connectivity index (χ0v) is 13.5.